The first kappa shape index (κ1) is 17.5. The monoisotopic (exact) mass is 380 g/mol. The van der Waals surface area contributed by atoms with Crippen molar-refractivity contribution in [2.45, 2.75) is 24.8 Å². The molecular weight excluding hydrogens is 363 g/mol. The Balaban J connectivity index is 1.76. The average molecular weight is 380 g/mol. The van der Waals surface area contributed by atoms with Crippen molar-refractivity contribution in [1.82, 2.24) is 19.6 Å². The van der Waals surface area contributed by atoms with Crippen molar-refractivity contribution in [3.8, 4) is 11.1 Å². The first-order valence-electron chi connectivity index (χ1n) is 8.46. The topological polar surface area (TPSA) is 63.1 Å². The van der Waals surface area contributed by atoms with Crippen LogP contribution in [0.5, 0.6) is 0 Å². The fourth-order valence-electron chi connectivity index (χ4n) is 2.97. The maximum Gasteiger partial charge on any atom is 0.350 e. The van der Waals surface area contributed by atoms with Crippen molar-refractivity contribution < 1.29 is 4.39 Å². The Morgan fingerprint density at radius 2 is 1.85 bits per heavy atom. The second-order valence-corrected chi connectivity index (χ2v) is 7.23. The molecule has 4 rings (SSSR count). The lowest BCUT2D eigenvalue weighted by Gasteiger charge is -2.05. The number of H-pyrrole nitrogens is 1. The van der Waals surface area contributed by atoms with Gasteiger partial charge in [-0.05, 0) is 42.7 Å². The van der Waals surface area contributed by atoms with E-state index in [0.29, 0.717) is 22.3 Å². The van der Waals surface area contributed by atoms with Crippen molar-refractivity contribution in [1.29, 1.82) is 0 Å². The summed E-state index contributed by atoms with van der Waals surface area (Å²) < 4.78 is 14.5. The number of fused-ring (bicyclic) bond motifs is 1. The Kier molecular flexibility index (Phi) is 4.53. The summed E-state index contributed by atoms with van der Waals surface area (Å²) in [7, 11) is 0. The normalized spacial score (nSPS) is 11.2. The van der Waals surface area contributed by atoms with Crippen molar-refractivity contribution >= 4 is 17.4 Å². The Morgan fingerprint density at radius 3 is 2.59 bits per heavy atom. The highest BCUT2D eigenvalue weighted by Crippen LogP contribution is 2.28. The molecule has 0 atom stereocenters. The predicted octanol–water partition coefficient (Wildman–Crippen LogP) is 4.13. The molecule has 0 aliphatic rings. The van der Waals surface area contributed by atoms with Gasteiger partial charge in [-0.2, -0.15) is 9.61 Å². The summed E-state index contributed by atoms with van der Waals surface area (Å²) in [6.45, 7) is 3.87. The van der Waals surface area contributed by atoms with Crippen molar-refractivity contribution in [3.63, 3.8) is 0 Å². The third kappa shape index (κ3) is 3.38. The third-order valence-corrected chi connectivity index (χ3v) is 5.33. The third-order valence-electron chi connectivity index (χ3n) is 4.41. The zero-order chi connectivity index (χ0) is 19.0. The van der Waals surface area contributed by atoms with Crippen molar-refractivity contribution in [2.24, 2.45) is 0 Å². The van der Waals surface area contributed by atoms with Crippen LogP contribution in [0.2, 0.25) is 0 Å². The lowest BCUT2D eigenvalue weighted by molar-refractivity contribution is 0.628. The molecule has 0 unspecified atom stereocenters. The Bertz CT molecular complexity index is 1180. The molecule has 0 saturated carbocycles. The maximum atomic E-state index is 13.3. The molecule has 5 nitrogen and oxygen atoms in total. The maximum absolute atomic E-state index is 13.3. The molecule has 0 bridgehead atoms. The number of aromatic nitrogens is 4. The molecule has 2 aromatic heterocycles. The van der Waals surface area contributed by atoms with Gasteiger partial charge in [0, 0.05) is 11.3 Å². The van der Waals surface area contributed by atoms with Crippen LogP contribution < -0.4 is 5.69 Å². The summed E-state index contributed by atoms with van der Waals surface area (Å²) in [6.07, 6.45) is 0. The molecule has 0 fully saturated rings. The lowest BCUT2D eigenvalue weighted by atomic mass is 10.1. The number of halogens is 1. The molecule has 136 valence electrons. The quantitative estimate of drug-likeness (QED) is 0.541. The van der Waals surface area contributed by atoms with Gasteiger partial charge < -0.3 is 0 Å². The van der Waals surface area contributed by atoms with E-state index in [0.717, 1.165) is 11.1 Å². The molecule has 0 radical (unpaired) electrons. The molecule has 0 spiro atoms. The van der Waals surface area contributed by atoms with Crippen LogP contribution in [0.1, 0.15) is 16.8 Å². The smallest absolute Gasteiger partial charge is 0.285 e. The predicted molar refractivity (Wildman–Crippen MR) is 104 cm³/mol. The van der Waals surface area contributed by atoms with Crippen molar-refractivity contribution in [2.75, 3.05) is 0 Å². The van der Waals surface area contributed by atoms with Crippen LogP contribution in [-0.4, -0.2) is 19.6 Å². The molecular formula is C20H17FN4OS. The minimum atomic E-state index is -0.344. The van der Waals surface area contributed by atoms with Gasteiger partial charge in [0.05, 0.1) is 5.69 Å². The van der Waals surface area contributed by atoms with Crippen LogP contribution in [0.15, 0.2) is 58.5 Å². The minimum absolute atomic E-state index is 0.312. The first-order chi connectivity index (χ1) is 13.0. The van der Waals surface area contributed by atoms with E-state index in [9.17, 15) is 9.18 Å². The second-order valence-electron chi connectivity index (χ2n) is 6.26. The summed E-state index contributed by atoms with van der Waals surface area (Å²) in [4.78, 5) is 19.9. The van der Waals surface area contributed by atoms with Gasteiger partial charge in [-0.1, -0.05) is 48.2 Å². The van der Waals surface area contributed by atoms with E-state index < -0.39 is 0 Å². The van der Waals surface area contributed by atoms with E-state index >= 15 is 0 Å². The standard InChI is InChI=1S/C20H17FN4OS/c1-12-5-3-4-6-15(12)11-27-19-22-18-17(14-7-9-16(21)10-8-14)13(2)24-25(18)20(26)23-19/h3-10H,11H2,1-2H3,(H,22,23,26). The number of aromatic amines is 1. The summed E-state index contributed by atoms with van der Waals surface area (Å²) in [5.41, 5.74) is 4.68. The number of benzene rings is 2. The molecule has 2 aromatic carbocycles. The van der Waals surface area contributed by atoms with Crippen LogP contribution in [0.3, 0.4) is 0 Å². The highest BCUT2D eigenvalue weighted by molar-refractivity contribution is 7.98. The molecule has 27 heavy (non-hydrogen) atoms. The van der Waals surface area contributed by atoms with Gasteiger partial charge in [0.15, 0.2) is 10.8 Å². The number of nitrogens with zero attached hydrogens (tertiary/aromatic N) is 3. The Hall–Kier alpha value is -2.93. The summed E-state index contributed by atoms with van der Waals surface area (Å²) in [5.74, 6) is 0.387. The largest absolute Gasteiger partial charge is 0.350 e. The van der Waals surface area contributed by atoms with Gasteiger partial charge in [-0.3, -0.25) is 4.98 Å². The van der Waals surface area contributed by atoms with E-state index in [1.165, 1.54) is 39.5 Å². The molecule has 0 saturated heterocycles. The van der Waals surface area contributed by atoms with E-state index in [1.807, 2.05) is 19.1 Å². The number of aryl methyl sites for hydroxylation is 2. The molecule has 2 heterocycles. The van der Waals surface area contributed by atoms with Gasteiger partial charge in [-0.25, -0.2) is 14.2 Å². The number of thioether (sulfide) groups is 1. The lowest BCUT2D eigenvalue weighted by Crippen LogP contribution is -2.19. The highest BCUT2D eigenvalue weighted by atomic mass is 32.2. The van der Waals surface area contributed by atoms with E-state index in [2.05, 4.69) is 34.1 Å². The SMILES string of the molecule is Cc1ccccc1CSc1nc2c(-c3ccc(F)cc3)c(C)nn2c(=O)[nH]1. The fourth-order valence-corrected chi connectivity index (χ4v) is 3.90. The summed E-state index contributed by atoms with van der Waals surface area (Å²) >= 11 is 1.46. The van der Waals surface area contributed by atoms with Crippen molar-refractivity contribution in [3.05, 3.63) is 81.7 Å². The average Bonchev–Trinajstić information content (AvgIpc) is 2.98. The van der Waals surface area contributed by atoms with Gasteiger partial charge in [0.2, 0.25) is 0 Å². The minimum Gasteiger partial charge on any atom is -0.285 e. The van der Waals surface area contributed by atoms with E-state index in [1.54, 1.807) is 12.1 Å². The molecule has 0 aliphatic carbocycles. The molecule has 0 aliphatic heterocycles. The fraction of sp³-hybridized carbons (Fsp3) is 0.150. The summed E-state index contributed by atoms with van der Waals surface area (Å²) in [6, 6.07) is 14.2. The van der Waals surface area contributed by atoms with Gasteiger partial charge in [0.25, 0.3) is 0 Å². The van der Waals surface area contributed by atoms with Crippen LogP contribution in [0.4, 0.5) is 4.39 Å². The first-order valence-corrected chi connectivity index (χ1v) is 9.44. The molecule has 4 aromatic rings. The Labute approximate surface area is 159 Å². The Morgan fingerprint density at radius 1 is 1.11 bits per heavy atom. The number of hydrogen-bond donors (Lipinski definition) is 1. The molecule has 7 heteroatoms. The van der Waals surface area contributed by atoms with Crippen LogP contribution in [0.25, 0.3) is 16.8 Å². The van der Waals surface area contributed by atoms with E-state index in [-0.39, 0.29) is 11.5 Å². The van der Waals surface area contributed by atoms with Crippen LogP contribution in [-0.2, 0) is 5.75 Å². The number of hydrogen-bond acceptors (Lipinski definition) is 4. The zero-order valence-electron chi connectivity index (χ0n) is 14.9. The van der Waals surface area contributed by atoms with Gasteiger partial charge >= 0.3 is 5.69 Å². The number of nitrogens with one attached hydrogen (secondary N) is 1. The van der Waals surface area contributed by atoms with Gasteiger partial charge in [0.1, 0.15) is 5.82 Å². The highest BCUT2D eigenvalue weighted by Gasteiger charge is 2.16. The number of rotatable bonds is 4. The molecule has 1 N–H and O–H groups in total. The molecule has 0 amide bonds. The van der Waals surface area contributed by atoms with Gasteiger partial charge in [-0.15, -0.1) is 0 Å². The van der Waals surface area contributed by atoms with E-state index in [4.69, 9.17) is 0 Å². The van der Waals surface area contributed by atoms with Crippen LogP contribution >= 0.6 is 11.8 Å². The van der Waals surface area contributed by atoms with Crippen LogP contribution in [0, 0.1) is 19.7 Å². The zero-order valence-corrected chi connectivity index (χ0v) is 15.7. The summed E-state index contributed by atoms with van der Waals surface area (Å²) in [5, 5.41) is 4.82. The second kappa shape index (κ2) is 7.00.